The van der Waals surface area contributed by atoms with Gasteiger partial charge in [-0.05, 0) is 0 Å². The molecule has 2 atom stereocenters. The van der Waals surface area contributed by atoms with E-state index in [0.29, 0.717) is 21.1 Å². The number of benzene rings is 1. The van der Waals surface area contributed by atoms with Crippen LogP contribution in [0, 0.1) is 0 Å². The zero-order valence-electron chi connectivity index (χ0n) is 12.5. The third kappa shape index (κ3) is 4.89. The summed E-state index contributed by atoms with van der Waals surface area (Å²) in [7, 11) is -1.43. The predicted octanol–water partition coefficient (Wildman–Crippen LogP) is 4.28. The molecule has 0 bridgehead atoms. The van der Waals surface area contributed by atoms with E-state index in [-0.39, 0.29) is 4.31 Å². The van der Waals surface area contributed by atoms with Gasteiger partial charge in [-0.15, -0.1) is 0 Å². The number of rotatable bonds is 6. The van der Waals surface area contributed by atoms with E-state index in [9.17, 15) is 0 Å². The first-order chi connectivity index (χ1) is 8.27. The van der Waals surface area contributed by atoms with Crippen molar-refractivity contribution in [3.05, 3.63) is 35.9 Å². The fourth-order valence-corrected chi connectivity index (χ4v) is 5.22. The Morgan fingerprint density at radius 3 is 2.22 bits per heavy atom. The maximum atomic E-state index is 6.21. The second-order valence-electron chi connectivity index (χ2n) is 6.05. The van der Waals surface area contributed by atoms with Gasteiger partial charge >= 0.3 is 120 Å². The monoisotopic (exact) mass is 330 g/mol. The van der Waals surface area contributed by atoms with Crippen LogP contribution in [0.25, 0.3) is 0 Å². The third-order valence-electron chi connectivity index (χ3n) is 3.07. The van der Waals surface area contributed by atoms with E-state index >= 15 is 0 Å². The quantitative estimate of drug-likeness (QED) is 0.708. The molecule has 1 nitrogen and oxygen atoms in total. The van der Waals surface area contributed by atoms with Crippen molar-refractivity contribution in [1.82, 2.24) is 0 Å². The van der Waals surface area contributed by atoms with Crippen molar-refractivity contribution >= 4 is 23.3 Å². The van der Waals surface area contributed by atoms with Crippen LogP contribution in [-0.2, 0) is 8.74 Å². The van der Waals surface area contributed by atoms with Gasteiger partial charge in [0.05, 0.1) is 0 Å². The molecular formula is C15H26OSeSi. The van der Waals surface area contributed by atoms with Gasteiger partial charge in [0, 0.05) is 0 Å². The molecule has 0 radical (unpaired) electrons. The van der Waals surface area contributed by atoms with Gasteiger partial charge < -0.3 is 0 Å². The summed E-state index contributed by atoms with van der Waals surface area (Å²) in [6.07, 6.45) is 1.47. The Balaban J connectivity index is 2.78. The fraction of sp³-hybridized carbons (Fsp3) is 0.600. The standard InChI is InChI=1S/C15H26OSeSi/c1-13(16-18(4,5)6)12-15(2,17-3)14-10-8-7-9-11-14/h7-11,13H,12H2,1-6H3/t13-,15+/m0/s1. The molecule has 0 aliphatic carbocycles. The zero-order chi connectivity index (χ0) is 13.8. The zero-order valence-corrected chi connectivity index (χ0v) is 15.2. The van der Waals surface area contributed by atoms with Gasteiger partial charge in [-0.3, -0.25) is 0 Å². The van der Waals surface area contributed by atoms with Gasteiger partial charge in [-0.25, -0.2) is 0 Å². The molecule has 1 rings (SSSR count). The Bertz CT molecular complexity index is 361. The van der Waals surface area contributed by atoms with E-state index in [4.69, 9.17) is 4.43 Å². The summed E-state index contributed by atoms with van der Waals surface area (Å²) in [5.41, 5.74) is 1.46. The van der Waals surface area contributed by atoms with Crippen LogP contribution in [0.1, 0.15) is 25.8 Å². The van der Waals surface area contributed by atoms with E-state index in [0.717, 1.165) is 6.42 Å². The van der Waals surface area contributed by atoms with Crippen molar-refractivity contribution in [3.63, 3.8) is 0 Å². The summed E-state index contributed by atoms with van der Waals surface area (Å²) in [6, 6.07) is 10.9. The first kappa shape index (κ1) is 16.0. The Labute approximate surface area is 120 Å². The minimum absolute atomic E-state index is 0.285. The molecule has 0 spiro atoms. The van der Waals surface area contributed by atoms with Crippen LogP contribution in [0.4, 0.5) is 0 Å². The molecule has 0 heterocycles. The molecule has 0 N–H and O–H groups in total. The molecule has 1 aromatic carbocycles. The van der Waals surface area contributed by atoms with Crippen LogP contribution in [0.15, 0.2) is 30.3 Å². The summed E-state index contributed by atoms with van der Waals surface area (Å²) in [5, 5.41) is 0. The van der Waals surface area contributed by atoms with E-state index < -0.39 is 8.32 Å². The maximum absolute atomic E-state index is 6.21. The van der Waals surface area contributed by atoms with Gasteiger partial charge in [0.1, 0.15) is 0 Å². The van der Waals surface area contributed by atoms with E-state index in [1.807, 2.05) is 0 Å². The fourth-order valence-electron chi connectivity index (χ4n) is 2.30. The molecular weight excluding hydrogens is 303 g/mol. The Morgan fingerprint density at radius 1 is 1.22 bits per heavy atom. The van der Waals surface area contributed by atoms with Crippen LogP contribution < -0.4 is 0 Å². The summed E-state index contributed by atoms with van der Waals surface area (Å²) >= 11 is 0.575. The Kier molecular flexibility index (Phi) is 5.66. The van der Waals surface area contributed by atoms with Crippen LogP contribution in [0.3, 0.4) is 0 Å². The molecule has 0 aliphatic rings. The normalized spacial score (nSPS) is 17.2. The predicted molar refractivity (Wildman–Crippen MR) is 83.9 cm³/mol. The average molecular weight is 329 g/mol. The molecule has 18 heavy (non-hydrogen) atoms. The van der Waals surface area contributed by atoms with E-state index in [1.165, 1.54) is 5.56 Å². The minimum atomic E-state index is -1.43. The van der Waals surface area contributed by atoms with Gasteiger partial charge in [0.25, 0.3) is 0 Å². The van der Waals surface area contributed by atoms with Crippen molar-refractivity contribution < 1.29 is 4.43 Å². The first-order valence-electron chi connectivity index (χ1n) is 6.55. The van der Waals surface area contributed by atoms with Crippen molar-refractivity contribution in [2.75, 3.05) is 0 Å². The van der Waals surface area contributed by atoms with Crippen molar-refractivity contribution in [2.24, 2.45) is 0 Å². The van der Waals surface area contributed by atoms with E-state index in [1.54, 1.807) is 0 Å². The SMILES string of the molecule is C[Se][C@](C)(C[C@H](C)O[Si](C)(C)C)c1ccccc1. The molecule has 0 amide bonds. The van der Waals surface area contributed by atoms with Crippen LogP contribution in [-0.4, -0.2) is 29.4 Å². The molecule has 0 aliphatic heterocycles. The summed E-state index contributed by atoms with van der Waals surface area (Å²) < 4.78 is 6.49. The first-order valence-corrected chi connectivity index (χ1v) is 12.5. The van der Waals surface area contributed by atoms with Crippen molar-refractivity contribution in [2.45, 2.75) is 56.1 Å². The van der Waals surface area contributed by atoms with Gasteiger partial charge in [-0.2, -0.15) is 0 Å². The van der Waals surface area contributed by atoms with Gasteiger partial charge in [-0.1, -0.05) is 0 Å². The molecule has 1 aromatic rings. The van der Waals surface area contributed by atoms with Crippen molar-refractivity contribution in [1.29, 1.82) is 0 Å². The second-order valence-corrected chi connectivity index (χ2v) is 13.3. The van der Waals surface area contributed by atoms with Gasteiger partial charge in [0.2, 0.25) is 0 Å². The molecule has 0 saturated heterocycles. The molecule has 3 heteroatoms. The Morgan fingerprint density at radius 2 is 1.78 bits per heavy atom. The topological polar surface area (TPSA) is 9.23 Å². The second kappa shape index (κ2) is 6.38. The summed E-state index contributed by atoms with van der Waals surface area (Å²) in [4.78, 5) is 0. The van der Waals surface area contributed by atoms with Crippen molar-refractivity contribution in [3.8, 4) is 0 Å². The molecule has 0 aromatic heterocycles. The van der Waals surface area contributed by atoms with Crippen LogP contribution in [0.5, 0.6) is 0 Å². The van der Waals surface area contributed by atoms with Crippen LogP contribution >= 0.6 is 0 Å². The van der Waals surface area contributed by atoms with E-state index in [2.05, 4.69) is 69.6 Å². The Hall–Kier alpha value is -0.0836. The molecule has 0 saturated carbocycles. The molecule has 0 fully saturated rings. The third-order valence-corrected chi connectivity index (χ3v) is 6.91. The number of hydrogen-bond donors (Lipinski definition) is 0. The summed E-state index contributed by atoms with van der Waals surface area (Å²) in [5.74, 6) is 2.33. The molecule has 0 unspecified atom stereocenters. The summed E-state index contributed by atoms with van der Waals surface area (Å²) in [6.45, 7) is 11.4. The van der Waals surface area contributed by atoms with Crippen LogP contribution in [0.2, 0.25) is 25.5 Å². The molecule has 102 valence electrons. The number of hydrogen-bond acceptors (Lipinski definition) is 1. The average Bonchev–Trinajstić information content (AvgIpc) is 2.27. The van der Waals surface area contributed by atoms with Gasteiger partial charge in [0.15, 0.2) is 0 Å².